The summed E-state index contributed by atoms with van der Waals surface area (Å²) in [5.74, 6) is -0.145. The van der Waals surface area contributed by atoms with E-state index in [0.717, 1.165) is 11.1 Å². The maximum atomic E-state index is 12.6. The van der Waals surface area contributed by atoms with Gasteiger partial charge in [-0.15, -0.1) is 0 Å². The summed E-state index contributed by atoms with van der Waals surface area (Å²) in [5.41, 5.74) is 1.59. The summed E-state index contributed by atoms with van der Waals surface area (Å²) < 4.78 is 31.8. The molecular formula is C19H21ClN2O4S. The summed E-state index contributed by atoms with van der Waals surface area (Å²) in [5, 5.41) is 3.38. The number of benzene rings is 2. The molecule has 3 rings (SSSR count). The van der Waals surface area contributed by atoms with Crippen LogP contribution in [-0.2, 0) is 32.5 Å². The minimum Gasteiger partial charge on any atom is -0.379 e. The van der Waals surface area contributed by atoms with E-state index in [9.17, 15) is 13.2 Å². The van der Waals surface area contributed by atoms with Crippen LogP contribution < -0.4 is 5.32 Å². The van der Waals surface area contributed by atoms with Crippen molar-refractivity contribution in [2.45, 2.75) is 17.9 Å². The minimum absolute atomic E-state index is 0.145. The highest BCUT2D eigenvalue weighted by Gasteiger charge is 2.26. The number of rotatable bonds is 6. The molecule has 0 aliphatic carbocycles. The summed E-state index contributed by atoms with van der Waals surface area (Å²) in [6.45, 7) is 1.87. The van der Waals surface area contributed by atoms with Gasteiger partial charge in [0.15, 0.2) is 0 Å². The number of hydrogen-bond donors (Lipinski definition) is 1. The van der Waals surface area contributed by atoms with Crippen molar-refractivity contribution in [3.05, 3.63) is 64.7 Å². The Morgan fingerprint density at radius 1 is 1.07 bits per heavy atom. The monoisotopic (exact) mass is 408 g/mol. The number of morpholine rings is 1. The Kier molecular flexibility index (Phi) is 6.49. The molecule has 0 atom stereocenters. The van der Waals surface area contributed by atoms with Crippen LogP contribution in [0.25, 0.3) is 0 Å². The molecule has 27 heavy (non-hydrogen) atoms. The molecule has 6 nitrogen and oxygen atoms in total. The van der Waals surface area contributed by atoms with Gasteiger partial charge >= 0.3 is 0 Å². The van der Waals surface area contributed by atoms with Crippen LogP contribution in [0, 0.1) is 0 Å². The fourth-order valence-corrected chi connectivity index (χ4v) is 4.40. The minimum atomic E-state index is -3.50. The highest BCUT2D eigenvalue weighted by atomic mass is 35.5. The fourth-order valence-electron chi connectivity index (χ4n) is 2.79. The Bertz CT molecular complexity index is 894. The van der Waals surface area contributed by atoms with Crippen molar-refractivity contribution in [3.8, 4) is 0 Å². The van der Waals surface area contributed by atoms with Gasteiger partial charge in [0.1, 0.15) is 0 Å². The second-order valence-corrected chi connectivity index (χ2v) is 8.55. The van der Waals surface area contributed by atoms with Gasteiger partial charge in [0, 0.05) is 24.7 Å². The number of carbonyl (C=O) groups excluding carboxylic acids is 1. The van der Waals surface area contributed by atoms with Crippen molar-refractivity contribution in [3.63, 3.8) is 0 Å². The first-order chi connectivity index (χ1) is 13.0. The Balaban J connectivity index is 1.57. The molecule has 1 heterocycles. The molecule has 1 fully saturated rings. The Hall–Kier alpha value is -1.93. The largest absolute Gasteiger partial charge is 0.379 e. The molecule has 0 saturated carbocycles. The van der Waals surface area contributed by atoms with E-state index in [1.165, 1.54) is 4.31 Å². The van der Waals surface area contributed by atoms with Crippen LogP contribution in [0.1, 0.15) is 11.1 Å². The summed E-state index contributed by atoms with van der Waals surface area (Å²) in [6, 6.07) is 13.8. The van der Waals surface area contributed by atoms with Gasteiger partial charge in [0.25, 0.3) is 0 Å². The smallest absolute Gasteiger partial charge is 0.243 e. The molecule has 0 spiro atoms. The van der Waals surface area contributed by atoms with E-state index in [0.29, 0.717) is 37.9 Å². The van der Waals surface area contributed by atoms with Crippen molar-refractivity contribution >= 4 is 27.5 Å². The predicted molar refractivity (Wildman–Crippen MR) is 103 cm³/mol. The Morgan fingerprint density at radius 2 is 1.74 bits per heavy atom. The average Bonchev–Trinajstić information content (AvgIpc) is 2.69. The molecule has 1 N–H and O–H groups in total. The summed E-state index contributed by atoms with van der Waals surface area (Å²) >= 11 is 6.06. The lowest BCUT2D eigenvalue weighted by Gasteiger charge is -2.26. The van der Waals surface area contributed by atoms with Crippen LogP contribution in [0.4, 0.5) is 0 Å². The third-order valence-corrected chi connectivity index (χ3v) is 6.61. The standard InChI is InChI=1S/C19H21ClN2O4S/c20-18-4-2-1-3-16(18)13-19(23)21-14-15-5-7-17(8-6-15)27(24,25)22-9-11-26-12-10-22/h1-8H,9-14H2,(H,21,23). The lowest BCUT2D eigenvalue weighted by atomic mass is 10.1. The highest BCUT2D eigenvalue weighted by Crippen LogP contribution is 2.18. The summed E-state index contributed by atoms with van der Waals surface area (Å²) in [6.07, 6.45) is 0.198. The normalized spacial score (nSPS) is 15.4. The van der Waals surface area contributed by atoms with Crippen LogP contribution in [-0.4, -0.2) is 44.9 Å². The van der Waals surface area contributed by atoms with Crippen molar-refractivity contribution in [1.29, 1.82) is 0 Å². The predicted octanol–water partition coefficient (Wildman–Crippen LogP) is 2.22. The van der Waals surface area contributed by atoms with Gasteiger partial charge in [-0.05, 0) is 29.3 Å². The molecule has 1 aliphatic rings. The van der Waals surface area contributed by atoms with Crippen molar-refractivity contribution in [1.82, 2.24) is 9.62 Å². The first-order valence-corrected chi connectivity index (χ1v) is 10.5. The zero-order valence-electron chi connectivity index (χ0n) is 14.7. The number of amides is 1. The van der Waals surface area contributed by atoms with Gasteiger partial charge in [-0.3, -0.25) is 4.79 Å². The average molecular weight is 409 g/mol. The third-order valence-electron chi connectivity index (χ3n) is 4.33. The lowest BCUT2D eigenvalue weighted by Crippen LogP contribution is -2.40. The molecule has 1 amide bonds. The molecule has 2 aromatic carbocycles. The molecular weight excluding hydrogens is 388 g/mol. The van der Waals surface area contributed by atoms with Crippen LogP contribution in [0.2, 0.25) is 5.02 Å². The Labute approximate surface area is 164 Å². The van der Waals surface area contributed by atoms with Gasteiger partial charge in [-0.25, -0.2) is 8.42 Å². The molecule has 1 aliphatic heterocycles. The van der Waals surface area contributed by atoms with Gasteiger partial charge in [0.2, 0.25) is 15.9 Å². The molecule has 8 heteroatoms. The third kappa shape index (κ3) is 5.07. The molecule has 0 aromatic heterocycles. The van der Waals surface area contributed by atoms with Crippen molar-refractivity contribution in [2.75, 3.05) is 26.3 Å². The topological polar surface area (TPSA) is 75.7 Å². The molecule has 1 saturated heterocycles. The van der Waals surface area contributed by atoms with Crippen molar-refractivity contribution in [2.24, 2.45) is 0 Å². The van der Waals surface area contributed by atoms with Crippen LogP contribution >= 0.6 is 11.6 Å². The van der Waals surface area contributed by atoms with E-state index < -0.39 is 10.0 Å². The number of halogens is 1. The lowest BCUT2D eigenvalue weighted by molar-refractivity contribution is -0.120. The highest BCUT2D eigenvalue weighted by molar-refractivity contribution is 7.89. The molecule has 144 valence electrons. The zero-order chi connectivity index (χ0) is 19.3. The fraction of sp³-hybridized carbons (Fsp3) is 0.316. The van der Waals surface area contributed by atoms with Gasteiger partial charge in [0.05, 0.1) is 24.5 Å². The number of nitrogens with one attached hydrogen (secondary N) is 1. The van der Waals surface area contributed by atoms with E-state index in [1.54, 1.807) is 30.3 Å². The van der Waals surface area contributed by atoms with Crippen molar-refractivity contribution < 1.29 is 17.9 Å². The molecule has 0 bridgehead atoms. The second kappa shape index (κ2) is 8.84. The van der Waals surface area contributed by atoms with Crippen LogP contribution in [0.15, 0.2) is 53.4 Å². The van der Waals surface area contributed by atoms with E-state index in [-0.39, 0.29) is 17.2 Å². The maximum absolute atomic E-state index is 12.6. The SMILES string of the molecule is O=C(Cc1ccccc1Cl)NCc1ccc(S(=O)(=O)N2CCOCC2)cc1. The van der Waals surface area contributed by atoms with E-state index in [4.69, 9.17) is 16.3 Å². The number of hydrogen-bond acceptors (Lipinski definition) is 4. The van der Waals surface area contributed by atoms with E-state index in [2.05, 4.69) is 5.32 Å². The Morgan fingerprint density at radius 3 is 2.41 bits per heavy atom. The van der Waals surface area contributed by atoms with E-state index >= 15 is 0 Å². The van der Waals surface area contributed by atoms with Crippen LogP contribution in [0.3, 0.4) is 0 Å². The molecule has 2 aromatic rings. The second-order valence-electron chi connectivity index (χ2n) is 6.21. The van der Waals surface area contributed by atoms with Gasteiger partial charge in [-0.2, -0.15) is 4.31 Å². The van der Waals surface area contributed by atoms with Gasteiger partial charge in [-0.1, -0.05) is 41.9 Å². The summed E-state index contributed by atoms with van der Waals surface area (Å²) in [4.78, 5) is 12.3. The number of nitrogens with zero attached hydrogens (tertiary/aromatic N) is 1. The first-order valence-electron chi connectivity index (χ1n) is 8.64. The van der Waals surface area contributed by atoms with Crippen LogP contribution in [0.5, 0.6) is 0 Å². The zero-order valence-corrected chi connectivity index (χ0v) is 16.3. The van der Waals surface area contributed by atoms with Gasteiger partial charge < -0.3 is 10.1 Å². The number of ether oxygens (including phenoxy) is 1. The summed E-state index contributed by atoms with van der Waals surface area (Å²) in [7, 11) is -3.50. The molecule has 0 unspecified atom stereocenters. The number of carbonyl (C=O) groups is 1. The number of sulfonamides is 1. The van der Waals surface area contributed by atoms with E-state index in [1.807, 2.05) is 18.2 Å². The first kappa shape index (κ1) is 19.8. The molecule has 0 radical (unpaired) electrons. The quantitative estimate of drug-likeness (QED) is 0.795. The maximum Gasteiger partial charge on any atom is 0.243 e.